The summed E-state index contributed by atoms with van der Waals surface area (Å²) in [5.74, 6) is -0.245. The Balaban J connectivity index is 1.97. The van der Waals surface area contributed by atoms with Crippen LogP contribution in [0.2, 0.25) is 0 Å². The van der Waals surface area contributed by atoms with Crippen molar-refractivity contribution in [2.75, 3.05) is 18.4 Å². The first kappa shape index (κ1) is 15.3. The van der Waals surface area contributed by atoms with Crippen molar-refractivity contribution >= 4 is 5.82 Å². The van der Waals surface area contributed by atoms with Crippen LogP contribution in [-0.2, 0) is 0 Å². The SMILES string of the molecule is Cc1ccc(-n2c(-c3nonc3NCCN=[N+]=[N-])noc2=O)cc1. The van der Waals surface area contributed by atoms with E-state index in [1.807, 2.05) is 19.1 Å². The van der Waals surface area contributed by atoms with E-state index in [-0.39, 0.29) is 23.9 Å². The van der Waals surface area contributed by atoms with Crippen molar-refractivity contribution in [1.29, 1.82) is 0 Å². The molecule has 0 atom stereocenters. The van der Waals surface area contributed by atoms with Gasteiger partial charge in [-0.3, -0.25) is 4.52 Å². The predicted molar refractivity (Wildman–Crippen MR) is 82.6 cm³/mol. The van der Waals surface area contributed by atoms with Crippen molar-refractivity contribution in [3.63, 3.8) is 0 Å². The normalized spacial score (nSPS) is 10.4. The highest BCUT2D eigenvalue weighted by Gasteiger charge is 2.22. The van der Waals surface area contributed by atoms with Gasteiger partial charge < -0.3 is 5.32 Å². The lowest BCUT2D eigenvalue weighted by atomic mass is 10.2. The first-order chi connectivity index (χ1) is 11.7. The van der Waals surface area contributed by atoms with E-state index < -0.39 is 5.76 Å². The minimum absolute atomic E-state index is 0.149. The number of nitrogens with zero attached hydrogens (tertiary/aromatic N) is 7. The Labute approximate surface area is 134 Å². The Kier molecular flexibility index (Phi) is 4.25. The van der Waals surface area contributed by atoms with Crippen molar-refractivity contribution < 1.29 is 9.15 Å². The molecule has 3 aromatic rings. The number of aryl methyl sites for hydroxylation is 1. The summed E-state index contributed by atoms with van der Waals surface area (Å²) in [7, 11) is 0. The summed E-state index contributed by atoms with van der Waals surface area (Å²) in [6, 6.07) is 7.25. The first-order valence-corrected chi connectivity index (χ1v) is 6.94. The van der Waals surface area contributed by atoms with E-state index >= 15 is 0 Å². The minimum atomic E-state index is -0.656. The fourth-order valence-corrected chi connectivity index (χ4v) is 2.04. The highest BCUT2D eigenvalue weighted by atomic mass is 16.6. The van der Waals surface area contributed by atoms with E-state index in [4.69, 9.17) is 14.7 Å². The lowest BCUT2D eigenvalue weighted by molar-refractivity contribution is 0.309. The first-order valence-electron chi connectivity index (χ1n) is 6.94. The van der Waals surface area contributed by atoms with Gasteiger partial charge in [0.05, 0.1) is 5.69 Å². The Morgan fingerprint density at radius 3 is 2.83 bits per heavy atom. The third kappa shape index (κ3) is 2.96. The second-order valence-electron chi connectivity index (χ2n) is 4.79. The standard InChI is InChI=1S/C13H12N8O3/c1-8-2-4-9(5-3-8)21-12(19-23-13(21)22)10-11(18-24-17-10)15-6-7-16-20-14/h2-5H,6-7H2,1H3,(H,15,18). The Morgan fingerprint density at radius 2 is 2.08 bits per heavy atom. The van der Waals surface area contributed by atoms with E-state index in [0.29, 0.717) is 12.2 Å². The van der Waals surface area contributed by atoms with Gasteiger partial charge in [0, 0.05) is 18.0 Å². The zero-order valence-corrected chi connectivity index (χ0v) is 12.6. The number of anilines is 1. The Morgan fingerprint density at radius 1 is 1.29 bits per heavy atom. The van der Waals surface area contributed by atoms with Gasteiger partial charge in [-0.05, 0) is 34.9 Å². The van der Waals surface area contributed by atoms with Crippen LogP contribution in [0.3, 0.4) is 0 Å². The molecule has 0 saturated heterocycles. The number of aromatic nitrogens is 4. The molecule has 2 heterocycles. The largest absolute Gasteiger partial charge is 0.446 e. The van der Waals surface area contributed by atoms with Gasteiger partial charge in [-0.25, -0.2) is 14.0 Å². The molecule has 0 spiro atoms. The molecule has 11 nitrogen and oxygen atoms in total. The van der Waals surface area contributed by atoms with Crippen LogP contribution in [0.5, 0.6) is 0 Å². The zero-order chi connectivity index (χ0) is 16.9. The van der Waals surface area contributed by atoms with E-state index in [0.717, 1.165) is 5.56 Å². The van der Waals surface area contributed by atoms with E-state index in [2.05, 4.69) is 30.8 Å². The maximum Gasteiger partial charge on any atom is 0.446 e. The summed E-state index contributed by atoms with van der Waals surface area (Å²) in [6.07, 6.45) is 0. The molecule has 0 bridgehead atoms. The van der Waals surface area contributed by atoms with Crippen molar-refractivity contribution in [3.05, 3.63) is 50.8 Å². The molecule has 0 aliphatic rings. The molecule has 0 radical (unpaired) electrons. The van der Waals surface area contributed by atoms with Gasteiger partial charge in [0.25, 0.3) is 0 Å². The zero-order valence-electron chi connectivity index (χ0n) is 12.6. The molecule has 0 amide bonds. The van der Waals surface area contributed by atoms with Crippen molar-refractivity contribution in [2.24, 2.45) is 5.11 Å². The summed E-state index contributed by atoms with van der Waals surface area (Å²) in [6.45, 7) is 2.47. The third-order valence-corrected chi connectivity index (χ3v) is 3.16. The van der Waals surface area contributed by atoms with Gasteiger partial charge in [-0.1, -0.05) is 28.0 Å². The average Bonchev–Trinajstić information content (AvgIpc) is 3.19. The fraction of sp³-hybridized carbons (Fsp3) is 0.231. The number of azide groups is 1. The van der Waals surface area contributed by atoms with Crippen LogP contribution in [0, 0.1) is 6.92 Å². The fourth-order valence-electron chi connectivity index (χ4n) is 2.04. The summed E-state index contributed by atoms with van der Waals surface area (Å²) in [5, 5.41) is 17.5. The van der Waals surface area contributed by atoms with Gasteiger partial charge in [-0.15, -0.1) is 0 Å². The number of rotatable bonds is 6. The molecule has 0 unspecified atom stereocenters. The van der Waals surface area contributed by atoms with E-state index in [1.165, 1.54) is 4.57 Å². The monoisotopic (exact) mass is 328 g/mol. The molecular weight excluding hydrogens is 316 g/mol. The van der Waals surface area contributed by atoms with Crippen molar-refractivity contribution in [2.45, 2.75) is 6.92 Å². The van der Waals surface area contributed by atoms with Crippen LogP contribution in [0.1, 0.15) is 5.56 Å². The van der Waals surface area contributed by atoms with Crippen LogP contribution in [-0.4, -0.2) is 33.1 Å². The van der Waals surface area contributed by atoms with Gasteiger partial charge in [0.1, 0.15) is 0 Å². The quantitative estimate of drug-likeness (QED) is 0.314. The van der Waals surface area contributed by atoms with E-state index in [1.54, 1.807) is 12.1 Å². The summed E-state index contributed by atoms with van der Waals surface area (Å²) in [5.41, 5.74) is 10.1. The number of nitrogens with one attached hydrogen (secondary N) is 1. The van der Waals surface area contributed by atoms with Gasteiger partial charge in [-0.2, -0.15) is 0 Å². The topological polar surface area (TPSA) is 148 Å². The molecule has 0 saturated carbocycles. The smallest absolute Gasteiger partial charge is 0.365 e. The second-order valence-corrected chi connectivity index (χ2v) is 4.79. The molecule has 3 rings (SSSR count). The Hall–Kier alpha value is -3.59. The lowest BCUT2D eigenvalue weighted by Crippen LogP contribution is -2.14. The van der Waals surface area contributed by atoms with Gasteiger partial charge in [0.15, 0.2) is 5.69 Å². The average molecular weight is 328 g/mol. The molecule has 24 heavy (non-hydrogen) atoms. The van der Waals surface area contributed by atoms with Crippen LogP contribution in [0.15, 0.2) is 43.3 Å². The van der Waals surface area contributed by atoms with E-state index in [9.17, 15) is 4.79 Å². The highest BCUT2D eigenvalue weighted by Crippen LogP contribution is 2.23. The number of hydrogen-bond donors (Lipinski definition) is 1. The highest BCUT2D eigenvalue weighted by molar-refractivity contribution is 5.66. The molecule has 11 heteroatoms. The van der Waals surface area contributed by atoms with Gasteiger partial charge in [0.2, 0.25) is 11.6 Å². The van der Waals surface area contributed by atoms with Crippen molar-refractivity contribution in [1.82, 2.24) is 20.0 Å². The molecule has 0 fully saturated rings. The van der Waals surface area contributed by atoms with Crippen LogP contribution < -0.4 is 11.1 Å². The summed E-state index contributed by atoms with van der Waals surface area (Å²) >= 11 is 0. The van der Waals surface area contributed by atoms with Crippen LogP contribution in [0.4, 0.5) is 5.82 Å². The van der Waals surface area contributed by atoms with Crippen LogP contribution >= 0.6 is 0 Å². The molecule has 122 valence electrons. The molecule has 0 aliphatic heterocycles. The minimum Gasteiger partial charge on any atom is -0.365 e. The molecule has 0 aliphatic carbocycles. The van der Waals surface area contributed by atoms with Crippen molar-refractivity contribution in [3.8, 4) is 17.2 Å². The summed E-state index contributed by atoms with van der Waals surface area (Å²) in [4.78, 5) is 14.7. The number of hydrogen-bond acceptors (Lipinski definition) is 8. The lowest BCUT2D eigenvalue weighted by Gasteiger charge is -2.04. The Bertz CT molecular complexity index is 933. The predicted octanol–water partition coefficient (Wildman–Crippen LogP) is 1.91. The maximum absolute atomic E-state index is 12.0. The summed E-state index contributed by atoms with van der Waals surface area (Å²) < 4.78 is 10.7. The molecule has 1 aromatic carbocycles. The second kappa shape index (κ2) is 6.67. The third-order valence-electron chi connectivity index (χ3n) is 3.16. The molecule has 2 aromatic heterocycles. The molecular formula is C13H12N8O3. The van der Waals surface area contributed by atoms with Crippen LogP contribution in [0.25, 0.3) is 27.6 Å². The molecule has 1 N–H and O–H groups in total. The van der Waals surface area contributed by atoms with Gasteiger partial charge >= 0.3 is 5.76 Å². The number of benzene rings is 1. The maximum atomic E-state index is 12.0.